The maximum Gasteiger partial charge on any atom is 0.126 e. The van der Waals surface area contributed by atoms with Gasteiger partial charge in [-0.05, 0) is 50.0 Å². The third-order valence-electron chi connectivity index (χ3n) is 3.67. The van der Waals surface area contributed by atoms with Crippen LogP contribution < -0.4 is 5.84 Å². The van der Waals surface area contributed by atoms with Gasteiger partial charge in [-0.2, -0.15) is 5.10 Å². The Morgan fingerprint density at radius 2 is 1.95 bits per heavy atom. The van der Waals surface area contributed by atoms with E-state index in [0.29, 0.717) is 5.71 Å². The zero-order valence-corrected chi connectivity index (χ0v) is 12.2. The summed E-state index contributed by atoms with van der Waals surface area (Å²) in [6, 6.07) is 8.15. The van der Waals surface area contributed by atoms with Gasteiger partial charge in [0.15, 0.2) is 0 Å². The standard InChI is InChI=1S/C16H22N4O/c17-19-16(8-12-21)13-18-15-5-3-14(4-6-15)7-11-20-9-1-2-10-20/h3-6,12-13H,1-2,7-11,17H2. The van der Waals surface area contributed by atoms with Crippen LogP contribution in [0.25, 0.3) is 0 Å². The highest BCUT2D eigenvalue weighted by molar-refractivity contribution is 6.33. The Kier molecular flexibility index (Phi) is 6.09. The summed E-state index contributed by atoms with van der Waals surface area (Å²) in [4.78, 5) is 17.2. The number of aliphatic imine (C=N–C) groups is 1. The molecule has 21 heavy (non-hydrogen) atoms. The smallest absolute Gasteiger partial charge is 0.126 e. The molecule has 1 aliphatic heterocycles. The molecule has 1 aromatic carbocycles. The molecule has 2 rings (SSSR count). The van der Waals surface area contributed by atoms with Gasteiger partial charge in [0.2, 0.25) is 0 Å². The van der Waals surface area contributed by atoms with E-state index in [4.69, 9.17) is 5.84 Å². The second kappa shape index (κ2) is 8.32. The van der Waals surface area contributed by atoms with Crippen molar-refractivity contribution in [2.75, 3.05) is 19.6 Å². The van der Waals surface area contributed by atoms with Crippen molar-refractivity contribution in [1.29, 1.82) is 0 Å². The van der Waals surface area contributed by atoms with Crippen molar-refractivity contribution in [3.8, 4) is 0 Å². The zero-order valence-electron chi connectivity index (χ0n) is 12.2. The molecule has 0 bridgehead atoms. The number of hydrogen-bond acceptors (Lipinski definition) is 5. The van der Waals surface area contributed by atoms with Crippen molar-refractivity contribution in [1.82, 2.24) is 4.90 Å². The molecule has 5 heteroatoms. The summed E-state index contributed by atoms with van der Waals surface area (Å²) in [6.07, 6.45) is 6.23. The Balaban J connectivity index is 1.86. The summed E-state index contributed by atoms with van der Waals surface area (Å²) in [6.45, 7) is 3.60. The lowest BCUT2D eigenvalue weighted by Gasteiger charge is -2.14. The zero-order chi connectivity index (χ0) is 14.9. The van der Waals surface area contributed by atoms with E-state index < -0.39 is 0 Å². The van der Waals surface area contributed by atoms with Crippen molar-refractivity contribution in [2.24, 2.45) is 15.9 Å². The number of nitrogens with two attached hydrogens (primary N) is 1. The highest BCUT2D eigenvalue weighted by Crippen LogP contribution is 2.14. The van der Waals surface area contributed by atoms with Crippen LogP contribution in [0, 0.1) is 0 Å². The van der Waals surface area contributed by atoms with E-state index in [9.17, 15) is 4.79 Å². The predicted molar refractivity (Wildman–Crippen MR) is 86.3 cm³/mol. The van der Waals surface area contributed by atoms with E-state index in [-0.39, 0.29) is 6.42 Å². The summed E-state index contributed by atoms with van der Waals surface area (Å²) in [5, 5.41) is 3.51. The van der Waals surface area contributed by atoms with Crippen LogP contribution in [0.4, 0.5) is 5.69 Å². The molecule has 2 N–H and O–H groups in total. The lowest BCUT2D eigenvalue weighted by Crippen LogP contribution is -2.21. The minimum atomic E-state index is 0.188. The monoisotopic (exact) mass is 286 g/mol. The molecule has 0 unspecified atom stereocenters. The second-order valence-corrected chi connectivity index (χ2v) is 5.21. The number of nitrogens with zero attached hydrogens (tertiary/aromatic N) is 3. The average Bonchev–Trinajstić information content (AvgIpc) is 3.04. The number of hydrogen-bond donors (Lipinski definition) is 1. The first-order valence-corrected chi connectivity index (χ1v) is 7.37. The van der Waals surface area contributed by atoms with Crippen molar-refractivity contribution in [3.63, 3.8) is 0 Å². The molecular formula is C16H22N4O. The Hall–Kier alpha value is -2.01. The molecule has 1 heterocycles. The van der Waals surface area contributed by atoms with E-state index in [1.807, 2.05) is 12.1 Å². The maximum absolute atomic E-state index is 10.4. The van der Waals surface area contributed by atoms with Gasteiger partial charge in [0.05, 0.1) is 17.6 Å². The first-order chi connectivity index (χ1) is 10.3. The third kappa shape index (κ3) is 5.11. The fourth-order valence-electron chi connectivity index (χ4n) is 2.42. The molecule has 112 valence electrons. The van der Waals surface area contributed by atoms with Gasteiger partial charge in [-0.1, -0.05) is 12.1 Å². The maximum atomic E-state index is 10.4. The van der Waals surface area contributed by atoms with Gasteiger partial charge in [0, 0.05) is 13.0 Å². The van der Waals surface area contributed by atoms with Gasteiger partial charge in [-0.15, -0.1) is 0 Å². The number of carbonyl (C=O) groups is 1. The van der Waals surface area contributed by atoms with Crippen LogP contribution >= 0.6 is 0 Å². The van der Waals surface area contributed by atoms with Crippen LogP contribution in [0.1, 0.15) is 24.8 Å². The van der Waals surface area contributed by atoms with Crippen molar-refractivity contribution in [3.05, 3.63) is 29.8 Å². The van der Waals surface area contributed by atoms with Crippen LogP contribution in [0.3, 0.4) is 0 Å². The predicted octanol–water partition coefficient (Wildman–Crippen LogP) is 1.93. The molecule has 0 amide bonds. The summed E-state index contributed by atoms with van der Waals surface area (Å²) < 4.78 is 0. The Labute approximate surface area is 125 Å². The summed E-state index contributed by atoms with van der Waals surface area (Å²) >= 11 is 0. The first kappa shape index (κ1) is 15.4. The largest absolute Gasteiger partial charge is 0.323 e. The van der Waals surface area contributed by atoms with Gasteiger partial charge in [0.25, 0.3) is 0 Å². The quantitative estimate of drug-likeness (QED) is 0.360. The molecule has 1 fully saturated rings. The van der Waals surface area contributed by atoms with E-state index in [2.05, 4.69) is 27.1 Å². The molecule has 0 saturated carbocycles. The van der Waals surface area contributed by atoms with Crippen molar-refractivity contribution in [2.45, 2.75) is 25.7 Å². The number of likely N-dealkylation sites (tertiary alicyclic amines) is 1. The van der Waals surface area contributed by atoms with E-state index >= 15 is 0 Å². The van der Waals surface area contributed by atoms with Gasteiger partial charge in [-0.25, -0.2) is 0 Å². The van der Waals surface area contributed by atoms with E-state index in [0.717, 1.165) is 24.9 Å². The van der Waals surface area contributed by atoms with Crippen molar-refractivity contribution >= 4 is 23.9 Å². The van der Waals surface area contributed by atoms with Gasteiger partial charge >= 0.3 is 0 Å². The fourth-order valence-corrected chi connectivity index (χ4v) is 2.42. The van der Waals surface area contributed by atoms with Crippen LogP contribution in [-0.2, 0) is 11.2 Å². The topological polar surface area (TPSA) is 71.0 Å². The van der Waals surface area contributed by atoms with E-state index in [1.165, 1.54) is 37.7 Å². The highest BCUT2D eigenvalue weighted by atomic mass is 16.1. The molecule has 1 saturated heterocycles. The Bertz CT molecular complexity index is 502. The fraction of sp³-hybridized carbons (Fsp3) is 0.438. The lowest BCUT2D eigenvalue weighted by molar-refractivity contribution is -0.106. The van der Waals surface area contributed by atoms with Crippen molar-refractivity contribution < 1.29 is 4.79 Å². The molecule has 0 radical (unpaired) electrons. The minimum absolute atomic E-state index is 0.188. The Morgan fingerprint density at radius 3 is 2.57 bits per heavy atom. The number of aldehydes is 1. The molecule has 0 spiro atoms. The normalized spacial score (nSPS) is 16.7. The van der Waals surface area contributed by atoms with Crippen LogP contribution in [-0.4, -0.2) is 42.7 Å². The molecule has 0 aliphatic carbocycles. The Morgan fingerprint density at radius 1 is 1.24 bits per heavy atom. The third-order valence-corrected chi connectivity index (χ3v) is 3.67. The first-order valence-electron chi connectivity index (χ1n) is 7.37. The highest BCUT2D eigenvalue weighted by Gasteiger charge is 2.10. The molecule has 1 aromatic rings. The number of benzene rings is 1. The van der Waals surface area contributed by atoms with Crippen LogP contribution in [0.2, 0.25) is 0 Å². The van der Waals surface area contributed by atoms with Gasteiger partial charge in [-0.3, -0.25) is 4.99 Å². The molecule has 0 aromatic heterocycles. The van der Waals surface area contributed by atoms with Gasteiger partial charge in [0.1, 0.15) is 6.29 Å². The minimum Gasteiger partial charge on any atom is -0.323 e. The van der Waals surface area contributed by atoms with Crippen LogP contribution in [0.5, 0.6) is 0 Å². The van der Waals surface area contributed by atoms with E-state index in [1.54, 1.807) is 0 Å². The van der Waals surface area contributed by atoms with Gasteiger partial charge < -0.3 is 15.5 Å². The summed E-state index contributed by atoms with van der Waals surface area (Å²) in [7, 11) is 0. The average molecular weight is 286 g/mol. The lowest BCUT2D eigenvalue weighted by atomic mass is 10.1. The number of hydrazone groups is 1. The molecule has 0 atom stereocenters. The second-order valence-electron chi connectivity index (χ2n) is 5.21. The number of rotatable bonds is 7. The van der Waals surface area contributed by atoms with Crippen LogP contribution in [0.15, 0.2) is 34.4 Å². The number of carbonyl (C=O) groups excluding carboxylic acids is 1. The summed E-state index contributed by atoms with van der Waals surface area (Å²) in [5.74, 6) is 5.18. The SMILES string of the molecule is NN=C(C=Nc1ccc(CCN2CCCC2)cc1)CC=O. The molecule has 5 nitrogen and oxygen atoms in total. The molecular weight excluding hydrogens is 264 g/mol. The molecule has 1 aliphatic rings. The summed E-state index contributed by atoms with van der Waals surface area (Å²) in [5.41, 5.74) is 2.64.